The Morgan fingerprint density at radius 3 is 2.41 bits per heavy atom. The van der Waals surface area contributed by atoms with Crippen LogP contribution in [-0.4, -0.2) is 17.0 Å². The molecular formula is C17H14INO3. The van der Waals surface area contributed by atoms with Crippen molar-refractivity contribution >= 4 is 40.2 Å². The van der Waals surface area contributed by atoms with Crippen LogP contribution in [0.5, 0.6) is 0 Å². The van der Waals surface area contributed by atoms with Gasteiger partial charge in [0.2, 0.25) is 0 Å². The fraction of sp³-hybridized carbons (Fsp3) is 0.176. The molecule has 1 amide bonds. The highest BCUT2D eigenvalue weighted by atomic mass is 127. The largest absolute Gasteiger partial charge is 0.481 e. The van der Waals surface area contributed by atoms with Crippen molar-refractivity contribution in [3.8, 4) is 0 Å². The van der Waals surface area contributed by atoms with Gasteiger partial charge in [0.1, 0.15) is 4.05 Å². The van der Waals surface area contributed by atoms with Crippen molar-refractivity contribution in [3.63, 3.8) is 0 Å². The number of aliphatic carboxylic acids is 1. The Kier molecular flexibility index (Phi) is 3.90. The predicted octanol–water partition coefficient (Wildman–Crippen LogP) is 3.97. The van der Waals surface area contributed by atoms with Crippen LogP contribution in [0.3, 0.4) is 0 Å². The Hall–Kier alpha value is -1.89. The number of fused-ring (bicyclic) bond motifs is 1. The molecule has 0 spiro atoms. The van der Waals surface area contributed by atoms with Crippen molar-refractivity contribution in [3.05, 3.63) is 65.2 Å². The maximum Gasteiger partial charge on any atom is 0.310 e. The molecule has 3 rings (SSSR count). The summed E-state index contributed by atoms with van der Waals surface area (Å²) in [6.07, 6.45) is 0. The normalized spacial score (nSPS) is 18.2. The molecule has 0 radical (unpaired) electrons. The zero-order chi connectivity index (χ0) is 15.9. The lowest BCUT2D eigenvalue weighted by Crippen LogP contribution is -2.24. The number of amides is 1. The van der Waals surface area contributed by atoms with E-state index in [4.69, 9.17) is 5.11 Å². The van der Waals surface area contributed by atoms with Gasteiger partial charge in [-0.15, -0.1) is 0 Å². The van der Waals surface area contributed by atoms with Crippen LogP contribution in [0.2, 0.25) is 0 Å². The van der Waals surface area contributed by atoms with E-state index in [1.807, 2.05) is 36.4 Å². The fourth-order valence-corrected chi connectivity index (χ4v) is 3.70. The van der Waals surface area contributed by atoms with Crippen LogP contribution >= 0.6 is 22.6 Å². The molecule has 0 aromatic heterocycles. The van der Waals surface area contributed by atoms with Gasteiger partial charge < -0.3 is 5.11 Å². The van der Waals surface area contributed by atoms with Crippen molar-refractivity contribution in [2.45, 2.75) is 16.9 Å². The van der Waals surface area contributed by atoms with Crippen LogP contribution in [0.1, 0.15) is 38.4 Å². The minimum absolute atomic E-state index is 0.0194. The minimum atomic E-state index is -0.857. The highest BCUT2D eigenvalue weighted by molar-refractivity contribution is 14.1. The molecule has 2 aromatic rings. The number of halogens is 1. The topological polar surface area (TPSA) is 57.6 Å². The fourth-order valence-electron chi connectivity index (χ4n) is 2.59. The molecule has 1 N–H and O–H groups in total. The van der Waals surface area contributed by atoms with Crippen LogP contribution in [0.25, 0.3) is 0 Å². The van der Waals surface area contributed by atoms with Crippen molar-refractivity contribution in [1.82, 2.24) is 0 Å². The summed E-state index contributed by atoms with van der Waals surface area (Å²) in [6, 6.07) is 14.8. The molecular weight excluding hydrogens is 393 g/mol. The van der Waals surface area contributed by atoms with Gasteiger partial charge >= 0.3 is 5.97 Å². The summed E-state index contributed by atoms with van der Waals surface area (Å²) in [5.74, 6) is -1.44. The lowest BCUT2D eigenvalue weighted by Gasteiger charge is -2.21. The summed E-state index contributed by atoms with van der Waals surface area (Å²) < 4.78 is -0.0518. The van der Waals surface area contributed by atoms with Crippen molar-refractivity contribution < 1.29 is 14.7 Å². The molecule has 5 heteroatoms. The van der Waals surface area contributed by atoms with E-state index in [0.29, 0.717) is 0 Å². The number of nitrogens with zero attached hydrogens (tertiary/aromatic N) is 1. The number of anilines is 1. The Bertz CT molecular complexity index is 742. The van der Waals surface area contributed by atoms with E-state index in [-0.39, 0.29) is 9.96 Å². The second-order valence-corrected chi connectivity index (χ2v) is 6.43. The first-order chi connectivity index (χ1) is 10.5. The number of hydrogen-bond donors (Lipinski definition) is 1. The third kappa shape index (κ3) is 2.39. The van der Waals surface area contributed by atoms with Gasteiger partial charge in [-0.1, -0.05) is 52.9 Å². The Morgan fingerprint density at radius 2 is 1.82 bits per heavy atom. The molecule has 2 unspecified atom stereocenters. The van der Waals surface area contributed by atoms with Gasteiger partial charge in [-0.3, -0.25) is 14.5 Å². The lowest BCUT2D eigenvalue weighted by atomic mass is 10.0. The third-order valence-corrected chi connectivity index (χ3v) is 5.16. The summed E-state index contributed by atoms with van der Waals surface area (Å²) in [4.78, 5) is 25.3. The van der Waals surface area contributed by atoms with E-state index in [9.17, 15) is 9.59 Å². The summed E-state index contributed by atoms with van der Waals surface area (Å²) in [5.41, 5.74) is 3.24. The average molecular weight is 407 g/mol. The molecule has 112 valence electrons. The maximum absolute atomic E-state index is 12.6. The summed E-state index contributed by atoms with van der Waals surface area (Å²) in [6.45, 7) is 1.65. The molecule has 22 heavy (non-hydrogen) atoms. The lowest BCUT2D eigenvalue weighted by molar-refractivity contribution is -0.138. The van der Waals surface area contributed by atoms with Gasteiger partial charge in [0.15, 0.2) is 0 Å². The molecule has 1 aliphatic heterocycles. The predicted molar refractivity (Wildman–Crippen MR) is 92.5 cm³/mol. The van der Waals surface area contributed by atoms with Gasteiger partial charge in [-0.05, 0) is 36.2 Å². The Labute approximate surface area is 141 Å². The van der Waals surface area contributed by atoms with Gasteiger partial charge in [-0.25, -0.2) is 0 Å². The molecule has 2 atom stereocenters. The maximum atomic E-state index is 12.6. The van der Waals surface area contributed by atoms with E-state index < -0.39 is 11.9 Å². The first kappa shape index (κ1) is 15.0. The van der Waals surface area contributed by atoms with E-state index >= 15 is 0 Å². The van der Waals surface area contributed by atoms with Gasteiger partial charge in [0.05, 0.1) is 5.92 Å². The molecule has 0 bridgehead atoms. The summed E-state index contributed by atoms with van der Waals surface area (Å²) in [5, 5.41) is 9.05. The molecule has 0 fully saturated rings. The number of carbonyl (C=O) groups is 2. The average Bonchev–Trinajstić information content (AvgIpc) is 2.79. The van der Waals surface area contributed by atoms with Crippen LogP contribution < -0.4 is 4.90 Å². The molecule has 0 aliphatic carbocycles. The second-order valence-electron chi connectivity index (χ2n) is 5.25. The number of carbonyl (C=O) groups excluding carboxylic acids is 1. The molecule has 0 saturated carbocycles. The highest BCUT2D eigenvalue weighted by Gasteiger charge is 2.35. The van der Waals surface area contributed by atoms with E-state index in [0.717, 1.165) is 22.4 Å². The monoisotopic (exact) mass is 407 g/mol. The number of benzene rings is 2. The minimum Gasteiger partial charge on any atom is -0.481 e. The first-order valence-electron chi connectivity index (χ1n) is 6.90. The number of carboxylic acid groups (broad SMARTS) is 1. The standard InChI is InChI=1S/C17H14INO3/c1-10(17(21)22)11-6-8-12(9-7-11)19-15(18)13-4-2-3-5-14(13)16(19)20/h2-10,15H,1H3,(H,21,22). The van der Waals surface area contributed by atoms with E-state index in [1.54, 1.807) is 24.0 Å². The van der Waals surface area contributed by atoms with Crippen LogP contribution in [0, 0.1) is 0 Å². The van der Waals surface area contributed by atoms with E-state index in [2.05, 4.69) is 22.6 Å². The number of alkyl halides is 1. The zero-order valence-corrected chi connectivity index (χ0v) is 14.0. The molecule has 2 aromatic carbocycles. The van der Waals surface area contributed by atoms with Gasteiger partial charge in [0.25, 0.3) is 5.91 Å². The summed E-state index contributed by atoms with van der Waals surface area (Å²) in [7, 11) is 0. The quantitative estimate of drug-likeness (QED) is 0.476. The van der Waals surface area contributed by atoms with E-state index in [1.165, 1.54) is 0 Å². The SMILES string of the molecule is CC(C(=O)O)c1ccc(N2C(=O)c3ccccc3C2I)cc1. The van der Waals surface area contributed by atoms with Crippen LogP contribution in [0.15, 0.2) is 48.5 Å². The highest BCUT2D eigenvalue weighted by Crippen LogP contribution is 2.41. The van der Waals surface area contributed by atoms with Crippen molar-refractivity contribution in [2.24, 2.45) is 0 Å². The van der Waals surface area contributed by atoms with Crippen molar-refractivity contribution in [1.29, 1.82) is 0 Å². The molecule has 1 aliphatic rings. The van der Waals surface area contributed by atoms with Crippen LogP contribution in [-0.2, 0) is 4.79 Å². The molecule has 1 heterocycles. The Balaban J connectivity index is 1.93. The number of hydrogen-bond acceptors (Lipinski definition) is 2. The smallest absolute Gasteiger partial charge is 0.310 e. The molecule has 4 nitrogen and oxygen atoms in total. The van der Waals surface area contributed by atoms with Gasteiger partial charge in [-0.2, -0.15) is 0 Å². The molecule has 0 saturated heterocycles. The first-order valence-corrected chi connectivity index (χ1v) is 8.14. The number of rotatable bonds is 3. The third-order valence-electron chi connectivity index (χ3n) is 3.94. The van der Waals surface area contributed by atoms with Crippen molar-refractivity contribution in [2.75, 3.05) is 4.90 Å². The Morgan fingerprint density at radius 1 is 1.18 bits per heavy atom. The number of carboxylic acids is 1. The zero-order valence-electron chi connectivity index (χ0n) is 11.9. The summed E-state index contributed by atoms with van der Waals surface area (Å²) >= 11 is 2.25. The van der Waals surface area contributed by atoms with Crippen LogP contribution in [0.4, 0.5) is 5.69 Å². The van der Waals surface area contributed by atoms with Gasteiger partial charge in [0, 0.05) is 11.3 Å². The second kappa shape index (κ2) is 5.72.